The summed E-state index contributed by atoms with van der Waals surface area (Å²) in [6, 6.07) is 5.79. The van der Waals surface area contributed by atoms with Crippen LogP contribution in [-0.2, 0) is 0 Å². The molecule has 0 radical (unpaired) electrons. The Hall–Kier alpha value is -1.39. The van der Waals surface area contributed by atoms with Crippen LogP contribution in [-0.4, -0.2) is 28.3 Å². The lowest BCUT2D eigenvalue weighted by atomic mass is 10.1. The topological polar surface area (TPSA) is 49.6 Å². The first-order valence-electron chi connectivity index (χ1n) is 4.58. The highest BCUT2D eigenvalue weighted by molar-refractivity contribution is 5.54. The Morgan fingerprint density at radius 2 is 2.43 bits per heavy atom. The van der Waals surface area contributed by atoms with Crippen LogP contribution in [0.2, 0.25) is 0 Å². The van der Waals surface area contributed by atoms with Crippen LogP contribution >= 0.6 is 0 Å². The molecule has 0 aliphatic heterocycles. The zero-order chi connectivity index (χ0) is 9.97. The van der Waals surface area contributed by atoms with Crippen LogP contribution in [0.3, 0.4) is 0 Å². The fourth-order valence-electron chi connectivity index (χ4n) is 1.51. The van der Waals surface area contributed by atoms with Crippen molar-refractivity contribution in [2.45, 2.75) is 6.10 Å². The van der Waals surface area contributed by atoms with Gasteiger partial charge in [0.2, 0.25) is 0 Å². The predicted molar refractivity (Wildman–Crippen MR) is 54.1 cm³/mol. The highest BCUT2D eigenvalue weighted by atomic mass is 16.3. The van der Waals surface area contributed by atoms with Gasteiger partial charge in [-0.15, -0.1) is 0 Å². The summed E-state index contributed by atoms with van der Waals surface area (Å²) in [6.45, 7) is 0.538. The first kappa shape index (κ1) is 9.18. The summed E-state index contributed by atoms with van der Waals surface area (Å²) in [5.41, 5.74) is 1.82. The summed E-state index contributed by atoms with van der Waals surface area (Å²) in [4.78, 5) is 0. The second-order valence-corrected chi connectivity index (χ2v) is 3.20. The van der Waals surface area contributed by atoms with Crippen LogP contribution in [0, 0.1) is 0 Å². The molecule has 4 heteroatoms. The third kappa shape index (κ3) is 1.49. The van der Waals surface area contributed by atoms with Crippen molar-refractivity contribution in [2.75, 3.05) is 13.6 Å². The molecule has 4 nitrogen and oxygen atoms in total. The van der Waals surface area contributed by atoms with Crippen molar-refractivity contribution in [3.63, 3.8) is 0 Å². The molecule has 0 saturated carbocycles. The lowest BCUT2D eigenvalue weighted by molar-refractivity contribution is 0.179. The van der Waals surface area contributed by atoms with E-state index in [-0.39, 0.29) is 0 Å². The van der Waals surface area contributed by atoms with Gasteiger partial charge in [0.25, 0.3) is 0 Å². The van der Waals surface area contributed by atoms with Crippen LogP contribution in [0.5, 0.6) is 0 Å². The molecule has 0 aromatic carbocycles. The van der Waals surface area contributed by atoms with Gasteiger partial charge in [0.15, 0.2) is 0 Å². The summed E-state index contributed by atoms with van der Waals surface area (Å²) in [5, 5.41) is 16.9. The number of pyridine rings is 1. The number of aliphatic hydroxyl groups is 1. The molecular formula is C10H13N3O. The molecule has 74 valence electrons. The molecular weight excluding hydrogens is 178 g/mol. The maximum atomic E-state index is 9.79. The maximum Gasteiger partial charge on any atom is 0.0950 e. The fraction of sp³-hybridized carbons (Fsp3) is 0.300. The van der Waals surface area contributed by atoms with Crippen molar-refractivity contribution in [3.05, 3.63) is 36.2 Å². The molecule has 2 aromatic heterocycles. The van der Waals surface area contributed by atoms with Crippen LogP contribution in [0.4, 0.5) is 0 Å². The third-order valence-corrected chi connectivity index (χ3v) is 2.21. The normalized spacial score (nSPS) is 13.3. The van der Waals surface area contributed by atoms with E-state index in [0.29, 0.717) is 6.54 Å². The first-order valence-corrected chi connectivity index (χ1v) is 4.58. The van der Waals surface area contributed by atoms with Crippen LogP contribution in [0.1, 0.15) is 11.7 Å². The molecule has 2 N–H and O–H groups in total. The number of nitrogens with one attached hydrogen (secondary N) is 1. The van der Waals surface area contributed by atoms with Gasteiger partial charge in [-0.05, 0) is 19.2 Å². The molecule has 2 heterocycles. The molecule has 0 aliphatic carbocycles. The average molecular weight is 191 g/mol. The highest BCUT2D eigenvalue weighted by Gasteiger charge is 2.11. The third-order valence-electron chi connectivity index (χ3n) is 2.21. The number of nitrogens with zero attached hydrogens (tertiary/aromatic N) is 2. The van der Waals surface area contributed by atoms with Gasteiger partial charge >= 0.3 is 0 Å². The van der Waals surface area contributed by atoms with E-state index >= 15 is 0 Å². The molecule has 0 aliphatic rings. The minimum absolute atomic E-state index is 0.500. The van der Waals surface area contributed by atoms with Crippen molar-refractivity contribution >= 4 is 5.52 Å². The van der Waals surface area contributed by atoms with E-state index in [4.69, 9.17) is 0 Å². The molecule has 14 heavy (non-hydrogen) atoms. The van der Waals surface area contributed by atoms with Gasteiger partial charge in [-0.25, -0.2) is 4.52 Å². The number of fused-ring (bicyclic) bond motifs is 1. The Morgan fingerprint density at radius 1 is 1.57 bits per heavy atom. The number of aromatic nitrogens is 2. The molecule has 0 amide bonds. The molecule has 0 fully saturated rings. The molecule has 0 saturated heterocycles. The Kier molecular flexibility index (Phi) is 2.47. The zero-order valence-electron chi connectivity index (χ0n) is 8.01. The van der Waals surface area contributed by atoms with Crippen molar-refractivity contribution in [1.82, 2.24) is 14.9 Å². The van der Waals surface area contributed by atoms with E-state index in [1.54, 1.807) is 10.7 Å². The zero-order valence-corrected chi connectivity index (χ0v) is 8.01. The molecule has 0 bridgehead atoms. The Morgan fingerprint density at radius 3 is 3.21 bits per heavy atom. The second-order valence-electron chi connectivity index (χ2n) is 3.20. The maximum absolute atomic E-state index is 9.79. The van der Waals surface area contributed by atoms with E-state index < -0.39 is 6.10 Å². The number of likely N-dealkylation sites (N-methyl/N-ethyl adjacent to an activating group) is 1. The SMILES string of the molecule is CNCC(O)c1cnn2ccccc12. The van der Waals surface area contributed by atoms with E-state index in [9.17, 15) is 5.11 Å². The van der Waals surface area contributed by atoms with Crippen LogP contribution in [0.25, 0.3) is 5.52 Å². The molecule has 1 atom stereocenters. The summed E-state index contributed by atoms with van der Waals surface area (Å²) in [7, 11) is 1.81. The standard InChI is InChI=1S/C10H13N3O/c1-11-7-10(14)8-6-12-13-5-3-2-4-9(8)13/h2-6,10-11,14H,7H2,1H3. The minimum atomic E-state index is -0.500. The summed E-state index contributed by atoms with van der Waals surface area (Å²) >= 11 is 0. The van der Waals surface area contributed by atoms with Gasteiger partial charge in [0, 0.05) is 18.3 Å². The van der Waals surface area contributed by atoms with Gasteiger partial charge in [-0.2, -0.15) is 5.10 Å². The van der Waals surface area contributed by atoms with Crippen LogP contribution < -0.4 is 5.32 Å². The Balaban J connectivity index is 2.42. The molecule has 1 unspecified atom stereocenters. The van der Waals surface area contributed by atoms with Gasteiger partial charge in [0.05, 0.1) is 17.8 Å². The van der Waals surface area contributed by atoms with E-state index in [2.05, 4.69) is 10.4 Å². The van der Waals surface area contributed by atoms with Crippen molar-refractivity contribution in [1.29, 1.82) is 0 Å². The highest BCUT2D eigenvalue weighted by Crippen LogP contribution is 2.17. The minimum Gasteiger partial charge on any atom is -0.387 e. The number of hydrogen-bond acceptors (Lipinski definition) is 3. The summed E-state index contributed by atoms with van der Waals surface area (Å²) in [5.74, 6) is 0. The number of aliphatic hydroxyl groups excluding tert-OH is 1. The lowest BCUT2D eigenvalue weighted by Gasteiger charge is -2.07. The van der Waals surface area contributed by atoms with E-state index in [1.807, 2.05) is 31.4 Å². The van der Waals surface area contributed by atoms with Gasteiger partial charge in [-0.1, -0.05) is 6.07 Å². The Bertz CT molecular complexity index is 424. The number of rotatable bonds is 3. The summed E-state index contributed by atoms with van der Waals surface area (Å²) in [6.07, 6.45) is 3.07. The quantitative estimate of drug-likeness (QED) is 0.746. The molecule has 0 spiro atoms. The smallest absolute Gasteiger partial charge is 0.0950 e. The second kappa shape index (κ2) is 3.77. The van der Waals surface area contributed by atoms with Crippen LogP contribution in [0.15, 0.2) is 30.6 Å². The molecule has 2 aromatic rings. The van der Waals surface area contributed by atoms with Crippen molar-refractivity contribution in [3.8, 4) is 0 Å². The lowest BCUT2D eigenvalue weighted by Crippen LogP contribution is -2.16. The monoisotopic (exact) mass is 191 g/mol. The van der Waals surface area contributed by atoms with Gasteiger partial charge in [0.1, 0.15) is 0 Å². The predicted octanol–water partition coefficient (Wildman–Crippen LogP) is 0.587. The van der Waals surface area contributed by atoms with E-state index in [1.165, 1.54) is 0 Å². The van der Waals surface area contributed by atoms with Gasteiger partial charge in [-0.3, -0.25) is 0 Å². The van der Waals surface area contributed by atoms with Gasteiger partial charge < -0.3 is 10.4 Å². The Labute approximate surface area is 82.2 Å². The largest absolute Gasteiger partial charge is 0.387 e. The fourth-order valence-corrected chi connectivity index (χ4v) is 1.51. The van der Waals surface area contributed by atoms with Crippen molar-refractivity contribution < 1.29 is 5.11 Å². The summed E-state index contributed by atoms with van der Waals surface area (Å²) < 4.78 is 1.76. The molecule has 2 rings (SSSR count). The van der Waals surface area contributed by atoms with E-state index in [0.717, 1.165) is 11.1 Å². The van der Waals surface area contributed by atoms with Crippen molar-refractivity contribution in [2.24, 2.45) is 0 Å². The first-order chi connectivity index (χ1) is 6.83. The average Bonchev–Trinajstić information content (AvgIpc) is 2.61. The number of hydrogen-bond donors (Lipinski definition) is 2.